The number of aryl methyl sites for hydroxylation is 2. The number of aliphatic carboxylic acids is 1. The molecule has 0 amide bonds. The van der Waals surface area contributed by atoms with Gasteiger partial charge in [0.15, 0.2) is 0 Å². The molecule has 1 rings (SSSR count). The molecule has 1 aromatic carbocycles. The van der Waals surface area contributed by atoms with Gasteiger partial charge in [0.05, 0.1) is 11.5 Å². The largest absolute Gasteiger partial charge is 0.481 e. The lowest BCUT2D eigenvalue weighted by Gasteiger charge is -2.27. The number of aliphatic hydroxyl groups is 1. The minimum atomic E-state index is -1.18. The van der Waals surface area contributed by atoms with E-state index in [0.717, 1.165) is 11.1 Å². The molecule has 16 heavy (non-hydrogen) atoms. The van der Waals surface area contributed by atoms with Gasteiger partial charge in [-0.15, -0.1) is 0 Å². The standard InChI is InChI=1S/C13H18O3/c1-8-5-6-9(2)10(7-8)11(14)13(3,4)12(15)16/h5-7,11,14H,1-4H3,(H,15,16). The lowest BCUT2D eigenvalue weighted by molar-refractivity contribution is -0.153. The Hall–Kier alpha value is -1.35. The van der Waals surface area contributed by atoms with Crippen LogP contribution in [0, 0.1) is 19.3 Å². The van der Waals surface area contributed by atoms with Crippen LogP contribution in [0.25, 0.3) is 0 Å². The lowest BCUT2D eigenvalue weighted by Crippen LogP contribution is -2.31. The van der Waals surface area contributed by atoms with E-state index in [4.69, 9.17) is 5.11 Å². The zero-order chi connectivity index (χ0) is 12.5. The van der Waals surface area contributed by atoms with Gasteiger partial charge in [-0.25, -0.2) is 0 Å². The Bertz CT molecular complexity index is 408. The fraction of sp³-hybridized carbons (Fsp3) is 0.462. The van der Waals surface area contributed by atoms with Crippen molar-refractivity contribution in [3.63, 3.8) is 0 Å². The van der Waals surface area contributed by atoms with Crippen molar-refractivity contribution < 1.29 is 15.0 Å². The summed E-state index contributed by atoms with van der Waals surface area (Å²) in [5.41, 5.74) is 1.43. The summed E-state index contributed by atoms with van der Waals surface area (Å²) in [6.07, 6.45) is -0.995. The fourth-order valence-corrected chi connectivity index (χ4v) is 1.56. The number of rotatable bonds is 3. The van der Waals surface area contributed by atoms with Gasteiger partial charge >= 0.3 is 5.97 Å². The van der Waals surface area contributed by atoms with Crippen molar-refractivity contribution in [2.45, 2.75) is 33.8 Å². The van der Waals surface area contributed by atoms with Crippen molar-refractivity contribution in [2.24, 2.45) is 5.41 Å². The quantitative estimate of drug-likeness (QED) is 0.825. The monoisotopic (exact) mass is 222 g/mol. The number of carbonyl (C=O) groups is 1. The highest BCUT2D eigenvalue weighted by molar-refractivity contribution is 5.74. The Morgan fingerprint density at radius 1 is 1.31 bits per heavy atom. The second-order valence-corrected chi connectivity index (χ2v) is 4.79. The zero-order valence-corrected chi connectivity index (χ0v) is 10.1. The number of hydrogen-bond acceptors (Lipinski definition) is 2. The lowest BCUT2D eigenvalue weighted by atomic mass is 9.81. The van der Waals surface area contributed by atoms with Gasteiger partial charge in [0.1, 0.15) is 0 Å². The number of benzene rings is 1. The third-order valence-corrected chi connectivity index (χ3v) is 2.96. The molecule has 0 aliphatic carbocycles. The van der Waals surface area contributed by atoms with Crippen molar-refractivity contribution >= 4 is 5.97 Å². The van der Waals surface area contributed by atoms with E-state index in [1.807, 2.05) is 32.0 Å². The summed E-state index contributed by atoms with van der Waals surface area (Å²) < 4.78 is 0. The van der Waals surface area contributed by atoms with Crippen molar-refractivity contribution in [3.05, 3.63) is 34.9 Å². The molecule has 0 aliphatic heterocycles. The van der Waals surface area contributed by atoms with Crippen LogP contribution in [-0.2, 0) is 4.79 Å². The summed E-state index contributed by atoms with van der Waals surface area (Å²) in [4.78, 5) is 11.1. The molecule has 1 atom stereocenters. The minimum Gasteiger partial charge on any atom is -0.481 e. The maximum absolute atomic E-state index is 11.1. The third-order valence-electron chi connectivity index (χ3n) is 2.96. The van der Waals surface area contributed by atoms with E-state index in [1.165, 1.54) is 13.8 Å². The number of carboxylic acids is 1. The second-order valence-electron chi connectivity index (χ2n) is 4.79. The van der Waals surface area contributed by atoms with E-state index in [2.05, 4.69) is 0 Å². The minimum absolute atomic E-state index is 0.687. The van der Waals surface area contributed by atoms with Crippen LogP contribution < -0.4 is 0 Å². The Labute approximate surface area is 95.7 Å². The number of aliphatic hydroxyl groups excluding tert-OH is 1. The molecule has 0 saturated heterocycles. The van der Waals surface area contributed by atoms with Crippen LogP contribution in [0.4, 0.5) is 0 Å². The maximum Gasteiger partial charge on any atom is 0.312 e. The summed E-state index contributed by atoms with van der Waals surface area (Å²) in [6, 6.07) is 5.68. The Balaban J connectivity index is 3.19. The van der Waals surface area contributed by atoms with Crippen molar-refractivity contribution in [2.75, 3.05) is 0 Å². The molecule has 88 valence electrons. The van der Waals surface area contributed by atoms with Crippen LogP contribution in [0.1, 0.15) is 36.6 Å². The highest BCUT2D eigenvalue weighted by Crippen LogP contribution is 2.35. The summed E-state index contributed by atoms with van der Waals surface area (Å²) >= 11 is 0. The molecule has 3 heteroatoms. The first kappa shape index (κ1) is 12.7. The molecule has 1 unspecified atom stereocenters. The number of carboxylic acid groups (broad SMARTS) is 1. The first-order valence-corrected chi connectivity index (χ1v) is 5.25. The Morgan fingerprint density at radius 3 is 2.38 bits per heavy atom. The Morgan fingerprint density at radius 2 is 1.88 bits per heavy atom. The van der Waals surface area contributed by atoms with Gasteiger partial charge in [0, 0.05) is 0 Å². The van der Waals surface area contributed by atoms with E-state index in [9.17, 15) is 9.90 Å². The van der Waals surface area contributed by atoms with Crippen LogP contribution in [-0.4, -0.2) is 16.2 Å². The molecule has 0 heterocycles. The molecule has 1 aromatic rings. The fourth-order valence-electron chi connectivity index (χ4n) is 1.56. The molecule has 3 nitrogen and oxygen atoms in total. The summed E-state index contributed by atoms with van der Waals surface area (Å²) in [5, 5.41) is 19.2. The summed E-state index contributed by atoms with van der Waals surface area (Å²) in [5.74, 6) is -0.999. The summed E-state index contributed by atoms with van der Waals surface area (Å²) in [7, 11) is 0. The first-order chi connectivity index (χ1) is 7.26. The zero-order valence-electron chi connectivity index (χ0n) is 10.1. The van der Waals surface area contributed by atoms with E-state index in [-0.39, 0.29) is 0 Å². The molecule has 0 aliphatic rings. The molecular weight excluding hydrogens is 204 g/mol. The van der Waals surface area contributed by atoms with Gasteiger partial charge in [-0.3, -0.25) is 4.79 Å². The van der Waals surface area contributed by atoms with Gasteiger partial charge in [-0.1, -0.05) is 23.8 Å². The van der Waals surface area contributed by atoms with Crippen LogP contribution in [0.3, 0.4) is 0 Å². The molecule has 0 spiro atoms. The van der Waals surface area contributed by atoms with E-state index >= 15 is 0 Å². The molecular formula is C13H18O3. The third kappa shape index (κ3) is 2.25. The highest BCUT2D eigenvalue weighted by Gasteiger charge is 2.37. The highest BCUT2D eigenvalue weighted by atomic mass is 16.4. The van der Waals surface area contributed by atoms with E-state index in [1.54, 1.807) is 0 Å². The van der Waals surface area contributed by atoms with Gasteiger partial charge in [-0.05, 0) is 38.8 Å². The molecule has 2 N–H and O–H groups in total. The smallest absolute Gasteiger partial charge is 0.312 e. The molecule has 0 saturated carbocycles. The molecule has 0 fully saturated rings. The molecule has 0 radical (unpaired) electrons. The molecule has 0 aromatic heterocycles. The van der Waals surface area contributed by atoms with E-state index < -0.39 is 17.5 Å². The second kappa shape index (κ2) is 4.26. The van der Waals surface area contributed by atoms with Crippen LogP contribution >= 0.6 is 0 Å². The SMILES string of the molecule is Cc1ccc(C)c(C(O)C(C)(C)C(=O)O)c1. The van der Waals surface area contributed by atoms with Crippen LogP contribution in [0.2, 0.25) is 0 Å². The summed E-state index contributed by atoms with van der Waals surface area (Å²) in [6.45, 7) is 6.85. The predicted octanol–water partition coefficient (Wildman–Crippen LogP) is 2.45. The topological polar surface area (TPSA) is 57.5 Å². The Kier molecular flexibility index (Phi) is 3.38. The van der Waals surface area contributed by atoms with Gasteiger partial charge in [0.2, 0.25) is 0 Å². The first-order valence-electron chi connectivity index (χ1n) is 5.25. The van der Waals surface area contributed by atoms with Crippen LogP contribution in [0.15, 0.2) is 18.2 Å². The van der Waals surface area contributed by atoms with E-state index in [0.29, 0.717) is 5.56 Å². The normalized spacial score (nSPS) is 13.6. The van der Waals surface area contributed by atoms with Crippen molar-refractivity contribution in [1.82, 2.24) is 0 Å². The van der Waals surface area contributed by atoms with Gasteiger partial charge in [0.25, 0.3) is 0 Å². The van der Waals surface area contributed by atoms with Crippen LogP contribution in [0.5, 0.6) is 0 Å². The molecule has 0 bridgehead atoms. The average Bonchev–Trinajstić information content (AvgIpc) is 2.20. The van der Waals surface area contributed by atoms with Gasteiger partial charge in [-0.2, -0.15) is 0 Å². The van der Waals surface area contributed by atoms with Crippen molar-refractivity contribution in [1.29, 1.82) is 0 Å². The van der Waals surface area contributed by atoms with Crippen molar-refractivity contribution in [3.8, 4) is 0 Å². The average molecular weight is 222 g/mol. The van der Waals surface area contributed by atoms with Gasteiger partial charge < -0.3 is 10.2 Å². The predicted molar refractivity (Wildman–Crippen MR) is 62.3 cm³/mol. The maximum atomic E-state index is 11.1. The number of hydrogen-bond donors (Lipinski definition) is 2.